The maximum absolute atomic E-state index is 11.4. The van der Waals surface area contributed by atoms with Crippen molar-refractivity contribution in [2.24, 2.45) is 11.8 Å². The maximum atomic E-state index is 11.4. The molecule has 2 N–H and O–H groups in total. The Morgan fingerprint density at radius 1 is 1.17 bits per heavy atom. The lowest BCUT2D eigenvalue weighted by atomic mass is 9.81. The second kappa shape index (κ2) is 9.26. The van der Waals surface area contributed by atoms with E-state index in [-0.39, 0.29) is 5.56 Å². The van der Waals surface area contributed by atoms with Gasteiger partial charge in [-0.3, -0.25) is 9.78 Å². The summed E-state index contributed by atoms with van der Waals surface area (Å²) in [7, 11) is 0. The largest absolute Gasteiger partial charge is 0.355 e. The van der Waals surface area contributed by atoms with Gasteiger partial charge in [-0.2, -0.15) is 0 Å². The second-order valence-electron chi connectivity index (χ2n) is 6.80. The number of hydrogen-bond acceptors (Lipinski definition) is 3. The van der Waals surface area contributed by atoms with Crippen LogP contribution in [0.15, 0.2) is 47.4 Å². The first-order chi connectivity index (χ1) is 11.6. The standard InChI is InChI=1S/C20H29N3O/c1-4-8-17(15(2)3)13-18(16-9-6-5-7-10-16)14-22-20-21-12-11-19(24)23-20/h5-7,9-12,15,17-18H,4,8,13-14H2,1-3H3,(H2,21,22,23,24). The van der Waals surface area contributed by atoms with Crippen LogP contribution < -0.4 is 10.9 Å². The number of hydrogen-bond donors (Lipinski definition) is 2. The van der Waals surface area contributed by atoms with Gasteiger partial charge in [-0.15, -0.1) is 0 Å². The summed E-state index contributed by atoms with van der Waals surface area (Å²) in [6.07, 6.45) is 5.14. The molecule has 0 spiro atoms. The zero-order valence-electron chi connectivity index (χ0n) is 15.0. The van der Waals surface area contributed by atoms with Crippen molar-refractivity contribution in [3.63, 3.8) is 0 Å². The van der Waals surface area contributed by atoms with E-state index in [9.17, 15) is 4.79 Å². The molecule has 0 amide bonds. The molecule has 0 saturated carbocycles. The van der Waals surface area contributed by atoms with E-state index in [0.717, 1.165) is 13.0 Å². The van der Waals surface area contributed by atoms with Crippen molar-refractivity contribution in [2.75, 3.05) is 11.9 Å². The average molecular weight is 327 g/mol. The Bertz CT molecular complexity index is 651. The molecule has 1 aromatic carbocycles. The van der Waals surface area contributed by atoms with Crippen LogP contribution in [0.25, 0.3) is 0 Å². The summed E-state index contributed by atoms with van der Waals surface area (Å²) in [5, 5.41) is 3.30. The van der Waals surface area contributed by atoms with Gasteiger partial charge in [0.2, 0.25) is 5.95 Å². The predicted molar refractivity (Wildman–Crippen MR) is 100 cm³/mol. The Labute approximate surface area is 144 Å². The molecule has 0 bridgehead atoms. The van der Waals surface area contributed by atoms with Crippen LogP contribution >= 0.6 is 0 Å². The van der Waals surface area contributed by atoms with Gasteiger partial charge in [0, 0.05) is 24.7 Å². The lowest BCUT2D eigenvalue weighted by molar-refractivity contribution is 0.313. The number of aromatic nitrogens is 2. The number of benzene rings is 1. The molecule has 4 nitrogen and oxygen atoms in total. The molecule has 2 atom stereocenters. The van der Waals surface area contributed by atoms with Gasteiger partial charge in [-0.05, 0) is 23.8 Å². The van der Waals surface area contributed by atoms with Crippen molar-refractivity contribution in [1.29, 1.82) is 0 Å². The highest BCUT2D eigenvalue weighted by molar-refractivity contribution is 5.26. The van der Waals surface area contributed by atoms with Gasteiger partial charge in [-0.25, -0.2) is 4.98 Å². The summed E-state index contributed by atoms with van der Waals surface area (Å²) in [6, 6.07) is 12.0. The maximum Gasteiger partial charge on any atom is 0.252 e. The molecule has 130 valence electrons. The molecule has 0 aliphatic carbocycles. The minimum absolute atomic E-state index is 0.130. The molecule has 0 fully saturated rings. The molecule has 0 aliphatic heterocycles. The lowest BCUT2D eigenvalue weighted by Gasteiger charge is -2.27. The van der Waals surface area contributed by atoms with Crippen LogP contribution in [0, 0.1) is 11.8 Å². The molecule has 0 radical (unpaired) electrons. The SMILES string of the molecule is CCCC(CC(CNc1nccc(=O)[nH]1)c1ccccc1)C(C)C. The Kier molecular flexibility index (Phi) is 7.04. The van der Waals surface area contributed by atoms with E-state index in [1.165, 1.54) is 30.7 Å². The number of nitrogens with zero attached hydrogens (tertiary/aromatic N) is 1. The van der Waals surface area contributed by atoms with Crippen LogP contribution in [0.3, 0.4) is 0 Å². The van der Waals surface area contributed by atoms with Gasteiger partial charge in [0.1, 0.15) is 0 Å². The first-order valence-electron chi connectivity index (χ1n) is 8.94. The Morgan fingerprint density at radius 2 is 1.92 bits per heavy atom. The molecule has 1 heterocycles. The third-order valence-corrected chi connectivity index (χ3v) is 4.65. The molecular formula is C20H29N3O. The molecule has 24 heavy (non-hydrogen) atoms. The number of anilines is 1. The predicted octanol–water partition coefficient (Wildman–Crippen LogP) is 4.43. The minimum atomic E-state index is -0.130. The van der Waals surface area contributed by atoms with Gasteiger partial charge in [0.25, 0.3) is 5.56 Å². The average Bonchev–Trinajstić information content (AvgIpc) is 2.58. The van der Waals surface area contributed by atoms with Gasteiger partial charge < -0.3 is 5.32 Å². The first kappa shape index (κ1) is 18.2. The van der Waals surface area contributed by atoms with Gasteiger partial charge in [0.05, 0.1) is 0 Å². The van der Waals surface area contributed by atoms with E-state index < -0.39 is 0 Å². The van der Waals surface area contributed by atoms with Crippen molar-refractivity contribution in [3.05, 3.63) is 58.5 Å². The lowest BCUT2D eigenvalue weighted by Crippen LogP contribution is -2.21. The topological polar surface area (TPSA) is 57.8 Å². The highest BCUT2D eigenvalue weighted by Gasteiger charge is 2.20. The van der Waals surface area contributed by atoms with E-state index in [4.69, 9.17) is 0 Å². The van der Waals surface area contributed by atoms with Crippen LogP contribution in [-0.2, 0) is 0 Å². The van der Waals surface area contributed by atoms with Crippen molar-refractivity contribution < 1.29 is 0 Å². The molecule has 2 rings (SSSR count). The zero-order valence-corrected chi connectivity index (χ0v) is 15.0. The fourth-order valence-electron chi connectivity index (χ4n) is 3.20. The van der Waals surface area contributed by atoms with Crippen LogP contribution in [-0.4, -0.2) is 16.5 Å². The summed E-state index contributed by atoms with van der Waals surface area (Å²) in [5.74, 6) is 2.31. The van der Waals surface area contributed by atoms with Crippen LogP contribution in [0.1, 0.15) is 51.5 Å². The highest BCUT2D eigenvalue weighted by atomic mass is 16.1. The van der Waals surface area contributed by atoms with Crippen molar-refractivity contribution in [1.82, 2.24) is 9.97 Å². The number of rotatable bonds is 9. The van der Waals surface area contributed by atoms with Gasteiger partial charge in [0.15, 0.2) is 0 Å². The smallest absolute Gasteiger partial charge is 0.252 e. The third kappa shape index (κ3) is 5.52. The van der Waals surface area contributed by atoms with Crippen molar-refractivity contribution in [3.8, 4) is 0 Å². The summed E-state index contributed by atoms with van der Waals surface area (Å²) in [6.45, 7) is 7.64. The normalized spacial score (nSPS) is 13.7. The first-order valence-corrected chi connectivity index (χ1v) is 8.94. The van der Waals surface area contributed by atoms with E-state index in [1.54, 1.807) is 0 Å². The second-order valence-corrected chi connectivity index (χ2v) is 6.80. The fourth-order valence-corrected chi connectivity index (χ4v) is 3.20. The summed E-state index contributed by atoms with van der Waals surface area (Å²) in [5.41, 5.74) is 1.21. The fraction of sp³-hybridized carbons (Fsp3) is 0.500. The summed E-state index contributed by atoms with van der Waals surface area (Å²) >= 11 is 0. The van der Waals surface area contributed by atoms with E-state index in [2.05, 4.69) is 66.4 Å². The molecule has 0 saturated heterocycles. The number of H-pyrrole nitrogens is 1. The molecular weight excluding hydrogens is 298 g/mol. The van der Waals surface area contributed by atoms with E-state index >= 15 is 0 Å². The monoisotopic (exact) mass is 327 g/mol. The summed E-state index contributed by atoms with van der Waals surface area (Å²) < 4.78 is 0. The molecule has 0 aliphatic rings. The highest BCUT2D eigenvalue weighted by Crippen LogP contribution is 2.30. The molecule has 1 aromatic heterocycles. The molecule has 2 unspecified atom stereocenters. The van der Waals surface area contributed by atoms with Crippen molar-refractivity contribution in [2.45, 2.75) is 46.0 Å². The Balaban J connectivity index is 2.12. The van der Waals surface area contributed by atoms with Gasteiger partial charge in [-0.1, -0.05) is 63.9 Å². The summed E-state index contributed by atoms with van der Waals surface area (Å²) in [4.78, 5) is 18.3. The van der Waals surface area contributed by atoms with Crippen LogP contribution in [0.4, 0.5) is 5.95 Å². The van der Waals surface area contributed by atoms with E-state index in [1.807, 2.05) is 0 Å². The van der Waals surface area contributed by atoms with E-state index in [0.29, 0.717) is 23.7 Å². The minimum Gasteiger partial charge on any atom is -0.355 e. The third-order valence-electron chi connectivity index (χ3n) is 4.65. The zero-order chi connectivity index (χ0) is 17.4. The van der Waals surface area contributed by atoms with Crippen molar-refractivity contribution >= 4 is 5.95 Å². The van der Waals surface area contributed by atoms with Gasteiger partial charge >= 0.3 is 0 Å². The quantitative estimate of drug-likeness (QED) is 0.716. The Morgan fingerprint density at radius 3 is 2.54 bits per heavy atom. The Hall–Kier alpha value is -2.10. The number of nitrogens with one attached hydrogen (secondary N) is 2. The van der Waals surface area contributed by atoms with Crippen LogP contribution in [0.2, 0.25) is 0 Å². The molecule has 4 heteroatoms. The van der Waals surface area contributed by atoms with Crippen LogP contribution in [0.5, 0.6) is 0 Å². The molecule has 2 aromatic rings. The number of aromatic amines is 1.